The van der Waals surface area contributed by atoms with Crippen LogP contribution in [0.25, 0.3) is 0 Å². The van der Waals surface area contributed by atoms with Gasteiger partial charge in [-0.25, -0.2) is 9.18 Å². The molecule has 116 valence electrons. The summed E-state index contributed by atoms with van der Waals surface area (Å²) in [6.45, 7) is 2.29. The van der Waals surface area contributed by atoms with Gasteiger partial charge >= 0.3 is 6.03 Å². The van der Waals surface area contributed by atoms with Crippen LogP contribution in [0.3, 0.4) is 0 Å². The molecule has 0 aliphatic carbocycles. The van der Waals surface area contributed by atoms with Gasteiger partial charge in [0.25, 0.3) is 0 Å². The highest BCUT2D eigenvalue weighted by atomic mass is 19.1. The Hall–Kier alpha value is -2.36. The number of amides is 2. The summed E-state index contributed by atoms with van der Waals surface area (Å²) in [4.78, 5) is 11.7. The molecule has 0 aliphatic heterocycles. The summed E-state index contributed by atoms with van der Waals surface area (Å²) in [7, 11) is 0. The molecule has 0 heterocycles. The van der Waals surface area contributed by atoms with Crippen molar-refractivity contribution in [1.82, 2.24) is 5.32 Å². The lowest BCUT2D eigenvalue weighted by molar-refractivity contribution is 0.252. The molecular formula is C18H21FN2O. The highest BCUT2D eigenvalue weighted by Crippen LogP contribution is 2.13. The van der Waals surface area contributed by atoms with Crippen LogP contribution in [0, 0.1) is 12.7 Å². The lowest BCUT2D eigenvalue weighted by atomic mass is 10.1. The molecule has 0 unspecified atom stereocenters. The first-order valence-corrected chi connectivity index (χ1v) is 7.50. The van der Waals surface area contributed by atoms with Crippen molar-refractivity contribution >= 4 is 11.7 Å². The molecule has 0 aromatic heterocycles. The zero-order chi connectivity index (χ0) is 15.8. The van der Waals surface area contributed by atoms with Crippen LogP contribution in [-0.4, -0.2) is 12.6 Å². The van der Waals surface area contributed by atoms with Gasteiger partial charge in [-0.15, -0.1) is 0 Å². The highest BCUT2D eigenvalue weighted by molar-refractivity contribution is 5.89. The largest absolute Gasteiger partial charge is 0.338 e. The number of hydrogen-bond acceptors (Lipinski definition) is 1. The molecule has 0 fully saturated rings. The summed E-state index contributed by atoms with van der Waals surface area (Å²) in [5, 5.41) is 5.41. The van der Waals surface area contributed by atoms with Crippen LogP contribution in [0.4, 0.5) is 14.9 Å². The SMILES string of the molecule is Cc1ccc(NC(=O)NCCCCc2ccccc2)cc1F. The molecule has 0 saturated carbocycles. The van der Waals surface area contributed by atoms with Gasteiger partial charge in [-0.1, -0.05) is 36.4 Å². The lowest BCUT2D eigenvalue weighted by Crippen LogP contribution is -2.29. The standard InChI is InChI=1S/C18H21FN2O/c1-14-10-11-16(13-17(14)19)21-18(22)20-12-6-5-9-15-7-3-2-4-8-15/h2-4,7-8,10-11,13H,5-6,9,12H2,1H3,(H2,20,21,22). The number of rotatable bonds is 6. The van der Waals surface area contributed by atoms with Gasteiger partial charge in [0.15, 0.2) is 0 Å². The fourth-order valence-corrected chi connectivity index (χ4v) is 2.15. The second-order valence-electron chi connectivity index (χ2n) is 5.29. The third-order valence-corrected chi connectivity index (χ3v) is 3.45. The van der Waals surface area contributed by atoms with Crippen LogP contribution >= 0.6 is 0 Å². The Kier molecular flexibility index (Phi) is 5.95. The first kappa shape index (κ1) is 16.0. The maximum atomic E-state index is 13.4. The van der Waals surface area contributed by atoms with Gasteiger partial charge in [-0.05, 0) is 49.4 Å². The minimum Gasteiger partial charge on any atom is -0.338 e. The molecule has 22 heavy (non-hydrogen) atoms. The zero-order valence-corrected chi connectivity index (χ0v) is 12.7. The van der Waals surface area contributed by atoms with Gasteiger partial charge in [-0.2, -0.15) is 0 Å². The van der Waals surface area contributed by atoms with Crippen LogP contribution in [-0.2, 0) is 6.42 Å². The van der Waals surface area contributed by atoms with Crippen molar-refractivity contribution in [3.05, 3.63) is 65.5 Å². The van der Waals surface area contributed by atoms with E-state index in [0.29, 0.717) is 17.8 Å². The molecular weight excluding hydrogens is 279 g/mol. The van der Waals surface area contributed by atoms with E-state index in [0.717, 1.165) is 19.3 Å². The normalized spacial score (nSPS) is 10.3. The van der Waals surface area contributed by atoms with Gasteiger partial charge in [0, 0.05) is 12.2 Å². The van der Waals surface area contributed by atoms with E-state index < -0.39 is 0 Å². The average molecular weight is 300 g/mol. The first-order chi connectivity index (χ1) is 10.6. The van der Waals surface area contributed by atoms with Crippen molar-refractivity contribution in [2.45, 2.75) is 26.2 Å². The minimum absolute atomic E-state index is 0.303. The molecule has 3 nitrogen and oxygen atoms in total. The minimum atomic E-state index is -0.319. The number of halogens is 1. The second kappa shape index (κ2) is 8.17. The van der Waals surface area contributed by atoms with Crippen molar-refractivity contribution in [2.75, 3.05) is 11.9 Å². The lowest BCUT2D eigenvalue weighted by Gasteiger charge is -2.08. The quantitative estimate of drug-likeness (QED) is 0.768. The maximum Gasteiger partial charge on any atom is 0.319 e. The van der Waals surface area contributed by atoms with Gasteiger partial charge in [0.1, 0.15) is 5.82 Å². The number of urea groups is 1. The van der Waals surface area contributed by atoms with E-state index in [2.05, 4.69) is 22.8 Å². The van der Waals surface area contributed by atoms with Crippen molar-refractivity contribution in [3.8, 4) is 0 Å². The Morgan fingerprint density at radius 2 is 1.86 bits per heavy atom. The Morgan fingerprint density at radius 3 is 2.59 bits per heavy atom. The highest BCUT2D eigenvalue weighted by Gasteiger charge is 2.03. The fraction of sp³-hybridized carbons (Fsp3) is 0.278. The van der Waals surface area contributed by atoms with E-state index in [4.69, 9.17) is 0 Å². The van der Waals surface area contributed by atoms with Crippen LogP contribution in [0.15, 0.2) is 48.5 Å². The second-order valence-corrected chi connectivity index (χ2v) is 5.29. The van der Waals surface area contributed by atoms with Crippen molar-refractivity contribution in [1.29, 1.82) is 0 Å². The van der Waals surface area contributed by atoms with Gasteiger partial charge in [0.2, 0.25) is 0 Å². The molecule has 4 heteroatoms. The number of benzene rings is 2. The van der Waals surface area contributed by atoms with Crippen molar-refractivity contribution in [3.63, 3.8) is 0 Å². The van der Waals surface area contributed by atoms with Crippen LogP contribution < -0.4 is 10.6 Å². The number of anilines is 1. The van der Waals surface area contributed by atoms with Crippen molar-refractivity contribution in [2.24, 2.45) is 0 Å². The third-order valence-electron chi connectivity index (χ3n) is 3.45. The van der Waals surface area contributed by atoms with E-state index in [1.807, 2.05) is 18.2 Å². The molecule has 2 aromatic carbocycles. The first-order valence-electron chi connectivity index (χ1n) is 7.50. The van der Waals surface area contributed by atoms with E-state index in [1.165, 1.54) is 11.6 Å². The van der Waals surface area contributed by atoms with Gasteiger partial charge in [-0.3, -0.25) is 0 Å². The molecule has 0 radical (unpaired) electrons. The zero-order valence-electron chi connectivity index (χ0n) is 12.7. The monoisotopic (exact) mass is 300 g/mol. The van der Waals surface area contributed by atoms with E-state index in [9.17, 15) is 9.18 Å². The molecule has 0 bridgehead atoms. The molecule has 0 aliphatic rings. The van der Waals surface area contributed by atoms with Crippen LogP contribution in [0.1, 0.15) is 24.0 Å². The number of aryl methyl sites for hydroxylation is 2. The molecule has 2 N–H and O–H groups in total. The molecule has 2 aromatic rings. The Labute approximate surface area is 130 Å². The van der Waals surface area contributed by atoms with E-state index >= 15 is 0 Å². The van der Waals surface area contributed by atoms with Crippen LogP contribution in [0.5, 0.6) is 0 Å². The third kappa shape index (κ3) is 5.20. The summed E-state index contributed by atoms with van der Waals surface area (Å²) in [6.07, 6.45) is 2.93. The van der Waals surface area contributed by atoms with Crippen molar-refractivity contribution < 1.29 is 9.18 Å². The van der Waals surface area contributed by atoms with Gasteiger partial charge < -0.3 is 10.6 Å². The summed E-state index contributed by atoms with van der Waals surface area (Å²) in [5.74, 6) is -0.319. The van der Waals surface area contributed by atoms with Crippen LogP contribution in [0.2, 0.25) is 0 Å². The Balaban J connectivity index is 1.64. The van der Waals surface area contributed by atoms with E-state index in [1.54, 1.807) is 19.1 Å². The molecule has 0 saturated heterocycles. The number of carbonyl (C=O) groups is 1. The Morgan fingerprint density at radius 1 is 1.09 bits per heavy atom. The summed E-state index contributed by atoms with van der Waals surface area (Å²) in [5.41, 5.74) is 2.33. The topological polar surface area (TPSA) is 41.1 Å². The molecule has 0 atom stereocenters. The molecule has 2 amide bonds. The number of nitrogens with one attached hydrogen (secondary N) is 2. The summed E-state index contributed by atoms with van der Waals surface area (Å²) < 4.78 is 13.4. The smallest absolute Gasteiger partial charge is 0.319 e. The molecule has 0 spiro atoms. The number of unbranched alkanes of at least 4 members (excludes halogenated alkanes) is 1. The number of hydrogen-bond donors (Lipinski definition) is 2. The average Bonchev–Trinajstić information content (AvgIpc) is 2.52. The fourth-order valence-electron chi connectivity index (χ4n) is 2.15. The van der Waals surface area contributed by atoms with Gasteiger partial charge in [0.05, 0.1) is 0 Å². The predicted molar refractivity (Wildman–Crippen MR) is 87.5 cm³/mol. The maximum absolute atomic E-state index is 13.4. The predicted octanol–water partition coefficient (Wildman–Crippen LogP) is 4.28. The molecule has 2 rings (SSSR count). The summed E-state index contributed by atoms with van der Waals surface area (Å²) in [6, 6.07) is 14.6. The van der Waals surface area contributed by atoms with E-state index in [-0.39, 0.29) is 11.8 Å². The Bertz CT molecular complexity index is 614. The summed E-state index contributed by atoms with van der Waals surface area (Å²) >= 11 is 0. The number of carbonyl (C=O) groups excluding carboxylic acids is 1.